The highest BCUT2D eigenvalue weighted by atomic mass is 16.5. The number of nitrogens with two attached hydrogens (primary N) is 1. The van der Waals surface area contributed by atoms with Crippen LogP contribution in [0, 0.1) is 0 Å². The predicted molar refractivity (Wildman–Crippen MR) is 100 cm³/mol. The van der Waals surface area contributed by atoms with E-state index in [1.54, 1.807) is 6.07 Å². The van der Waals surface area contributed by atoms with Gasteiger partial charge < -0.3 is 20.3 Å². The van der Waals surface area contributed by atoms with Gasteiger partial charge in [0.05, 0.1) is 7.11 Å². The monoisotopic (exact) mass is 389 g/mol. The number of ketones is 1. The lowest BCUT2D eigenvalue weighted by atomic mass is 10.2. The minimum absolute atomic E-state index is 0.0516. The number of carbonyl (C=O) groups is 2. The smallest absolute Gasteiger partial charge is 0.332 e. The molecule has 1 aromatic heterocycles. The Bertz CT molecular complexity index is 1080. The van der Waals surface area contributed by atoms with E-state index in [2.05, 4.69) is 0 Å². The highest BCUT2D eigenvalue weighted by Crippen LogP contribution is 2.26. The molecule has 2 aromatic rings. The van der Waals surface area contributed by atoms with Crippen LogP contribution in [-0.4, -0.2) is 39.7 Å². The van der Waals surface area contributed by atoms with Crippen LogP contribution in [0.5, 0.6) is 11.5 Å². The van der Waals surface area contributed by atoms with Gasteiger partial charge in [0.15, 0.2) is 18.1 Å². The second kappa shape index (κ2) is 8.25. The number of hydrogen-bond donors (Lipinski definition) is 2. The summed E-state index contributed by atoms with van der Waals surface area (Å²) < 4.78 is 11.5. The van der Waals surface area contributed by atoms with Crippen LogP contribution in [0.1, 0.15) is 15.9 Å². The molecule has 0 unspecified atom stereocenters. The van der Waals surface area contributed by atoms with Crippen LogP contribution in [0.25, 0.3) is 6.08 Å². The third kappa shape index (κ3) is 4.11. The van der Waals surface area contributed by atoms with Gasteiger partial charge in [-0.05, 0) is 23.8 Å². The Morgan fingerprint density at radius 3 is 2.54 bits per heavy atom. The van der Waals surface area contributed by atoms with Crippen molar-refractivity contribution in [2.24, 2.45) is 14.1 Å². The number of rotatable bonds is 6. The van der Waals surface area contributed by atoms with Gasteiger partial charge >= 0.3 is 11.7 Å². The number of hydrogen-bond acceptors (Lipinski definition) is 8. The van der Waals surface area contributed by atoms with Crippen molar-refractivity contribution in [2.45, 2.75) is 0 Å². The van der Waals surface area contributed by atoms with Gasteiger partial charge in [0.1, 0.15) is 11.4 Å². The molecule has 0 aliphatic heterocycles. The zero-order valence-electron chi connectivity index (χ0n) is 15.5. The SMILES string of the molecule is COc1cc(/C=C/C(=O)OCC(=O)c2c(N)n(C)c(=O)n(C)c2=O)ccc1O. The van der Waals surface area contributed by atoms with Crippen LogP contribution >= 0.6 is 0 Å². The van der Waals surface area contributed by atoms with E-state index < -0.39 is 35.2 Å². The minimum atomic E-state index is -0.867. The molecule has 2 rings (SSSR count). The van der Waals surface area contributed by atoms with Gasteiger partial charge in [-0.3, -0.25) is 18.7 Å². The van der Waals surface area contributed by atoms with Crippen molar-refractivity contribution in [2.75, 3.05) is 19.5 Å². The molecule has 0 bridgehead atoms. The first-order chi connectivity index (χ1) is 13.2. The van der Waals surface area contributed by atoms with Crippen molar-refractivity contribution in [3.8, 4) is 11.5 Å². The summed E-state index contributed by atoms with van der Waals surface area (Å²) >= 11 is 0. The van der Waals surface area contributed by atoms with Gasteiger partial charge in [-0.15, -0.1) is 0 Å². The fourth-order valence-corrected chi connectivity index (χ4v) is 2.34. The van der Waals surface area contributed by atoms with E-state index in [4.69, 9.17) is 15.2 Å². The summed E-state index contributed by atoms with van der Waals surface area (Å²) in [5.74, 6) is -1.79. The maximum Gasteiger partial charge on any atom is 0.332 e. The van der Waals surface area contributed by atoms with Gasteiger partial charge in [0, 0.05) is 20.2 Å². The lowest BCUT2D eigenvalue weighted by Gasteiger charge is -2.10. The molecular weight excluding hydrogens is 370 g/mol. The molecular formula is C18H19N3O7. The van der Waals surface area contributed by atoms with Crippen LogP contribution in [0.15, 0.2) is 33.9 Å². The van der Waals surface area contributed by atoms with Gasteiger partial charge in [0.2, 0.25) is 5.78 Å². The van der Waals surface area contributed by atoms with Gasteiger partial charge in [-0.25, -0.2) is 9.59 Å². The molecule has 0 saturated carbocycles. The predicted octanol–water partition coefficient (Wildman–Crippen LogP) is -0.180. The Hall–Kier alpha value is -3.82. The van der Waals surface area contributed by atoms with Gasteiger partial charge in [-0.2, -0.15) is 0 Å². The number of ether oxygens (including phenoxy) is 2. The fraction of sp³-hybridized carbons (Fsp3) is 0.222. The quantitative estimate of drug-likeness (QED) is 0.393. The van der Waals surface area contributed by atoms with Crippen molar-refractivity contribution in [1.82, 2.24) is 9.13 Å². The zero-order chi connectivity index (χ0) is 21.0. The third-order valence-electron chi connectivity index (χ3n) is 3.95. The van der Waals surface area contributed by atoms with Crippen LogP contribution in [0.3, 0.4) is 0 Å². The standard InChI is InChI=1S/C18H19N3O7/c1-20-16(19)15(17(25)21(2)18(20)26)12(23)9-28-14(24)7-5-10-4-6-11(22)13(8-10)27-3/h4-8,22H,9,19H2,1-3H3/b7-5+. The Kier molecular flexibility index (Phi) is 6.04. The Morgan fingerprint density at radius 1 is 1.21 bits per heavy atom. The molecule has 10 nitrogen and oxygen atoms in total. The van der Waals surface area contributed by atoms with Crippen molar-refractivity contribution < 1.29 is 24.2 Å². The number of phenols is 1. The number of methoxy groups -OCH3 is 1. The number of Topliss-reactive ketones (excluding diaryl/α,β-unsaturated/α-hetero) is 1. The van der Waals surface area contributed by atoms with E-state index in [0.717, 1.165) is 15.2 Å². The van der Waals surface area contributed by atoms with E-state index in [9.17, 15) is 24.3 Å². The minimum Gasteiger partial charge on any atom is -0.504 e. The molecule has 10 heteroatoms. The maximum atomic E-state index is 12.2. The molecule has 1 heterocycles. The number of anilines is 1. The van der Waals surface area contributed by atoms with Crippen LogP contribution in [0.4, 0.5) is 5.82 Å². The Morgan fingerprint density at radius 2 is 1.89 bits per heavy atom. The first-order valence-electron chi connectivity index (χ1n) is 7.98. The van der Waals surface area contributed by atoms with Gasteiger partial charge in [0.25, 0.3) is 5.56 Å². The summed E-state index contributed by atoms with van der Waals surface area (Å²) in [6.07, 6.45) is 2.47. The van der Waals surface area contributed by atoms with E-state index in [-0.39, 0.29) is 17.3 Å². The normalized spacial score (nSPS) is 10.8. The summed E-state index contributed by atoms with van der Waals surface area (Å²) in [7, 11) is 3.91. The molecule has 0 atom stereocenters. The molecule has 28 heavy (non-hydrogen) atoms. The molecule has 0 saturated heterocycles. The summed E-state index contributed by atoms with van der Waals surface area (Å²) in [5.41, 5.74) is 4.26. The summed E-state index contributed by atoms with van der Waals surface area (Å²) in [5, 5.41) is 9.53. The lowest BCUT2D eigenvalue weighted by molar-refractivity contribution is -0.136. The first kappa shape index (κ1) is 20.5. The van der Waals surface area contributed by atoms with Crippen molar-refractivity contribution in [3.05, 3.63) is 56.2 Å². The second-order valence-electron chi connectivity index (χ2n) is 5.76. The molecule has 0 aliphatic rings. The number of nitrogen functional groups attached to an aromatic ring is 1. The number of nitrogens with zero attached hydrogens (tertiary/aromatic N) is 2. The number of carbonyl (C=O) groups excluding carboxylic acids is 2. The molecule has 0 aliphatic carbocycles. The molecule has 148 valence electrons. The number of aromatic hydroxyl groups is 1. The number of aromatic nitrogens is 2. The van der Waals surface area contributed by atoms with Crippen molar-refractivity contribution in [3.63, 3.8) is 0 Å². The third-order valence-corrected chi connectivity index (χ3v) is 3.95. The zero-order valence-corrected chi connectivity index (χ0v) is 15.5. The molecule has 0 radical (unpaired) electrons. The van der Waals surface area contributed by atoms with Crippen LogP contribution in [-0.2, 0) is 23.6 Å². The van der Waals surface area contributed by atoms with Crippen LogP contribution < -0.4 is 21.7 Å². The largest absolute Gasteiger partial charge is 0.504 e. The average Bonchev–Trinajstić information content (AvgIpc) is 2.68. The number of phenolic OH excluding ortho intramolecular Hbond substituents is 1. The Labute approximate surface area is 159 Å². The second-order valence-corrected chi connectivity index (χ2v) is 5.76. The summed E-state index contributed by atoms with van der Waals surface area (Å²) in [6.45, 7) is -0.723. The fourth-order valence-electron chi connectivity index (χ4n) is 2.34. The first-order valence-corrected chi connectivity index (χ1v) is 7.98. The van der Waals surface area contributed by atoms with Crippen LogP contribution in [0.2, 0.25) is 0 Å². The summed E-state index contributed by atoms with van der Waals surface area (Å²) in [4.78, 5) is 47.9. The molecule has 0 spiro atoms. The molecule has 0 fully saturated rings. The Balaban J connectivity index is 2.11. The van der Waals surface area contributed by atoms with E-state index >= 15 is 0 Å². The van der Waals surface area contributed by atoms with E-state index in [1.807, 2.05) is 0 Å². The maximum absolute atomic E-state index is 12.2. The molecule has 3 N–H and O–H groups in total. The van der Waals surface area contributed by atoms with Gasteiger partial charge in [-0.1, -0.05) is 6.07 Å². The summed E-state index contributed by atoms with van der Waals surface area (Å²) in [6, 6.07) is 4.44. The highest BCUT2D eigenvalue weighted by Gasteiger charge is 2.21. The molecule has 1 aromatic carbocycles. The molecule has 0 amide bonds. The number of esters is 1. The van der Waals surface area contributed by atoms with Crippen molar-refractivity contribution in [1.29, 1.82) is 0 Å². The lowest BCUT2D eigenvalue weighted by Crippen LogP contribution is -2.42. The highest BCUT2D eigenvalue weighted by molar-refractivity contribution is 6.01. The topological polar surface area (TPSA) is 143 Å². The van der Waals surface area contributed by atoms with E-state index in [1.165, 1.54) is 39.4 Å². The number of benzene rings is 1. The average molecular weight is 389 g/mol. The van der Waals surface area contributed by atoms with Crippen molar-refractivity contribution >= 4 is 23.6 Å². The van der Waals surface area contributed by atoms with E-state index in [0.29, 0.717) is 5.56 Å².